The Kier molecular flexibility index (Phi) is 11.0. The van der Waals surface area contributed by atoms with Crippen molar-refractivity contribution in [3.63, 3.8) is 0 Å². The number of hydrogen-bond acceptors (Lipinski definition) is 8. The predicted molar refractivity (Wildman–Crippen MR) is 88.7 cm³/mol. The number of thioether (sulfide) groups is 1. The fraction of sp³-hybridized carbons (Fsp3) is 0.615. The number of ether oxygens (including phenoxy) is 1. The van der Waals surface area contributed by atoms with Gasteiger partial charge in [0.1, 0.15) is 18.6 Å². The van der Waals surface area contributed by atoms with Gasteiger partial charge < -0.3 is 31.5 Å². The first-order valence-electron chi connectivity index (χ1n) is 7.18. The molecule has 0 radical (unpaired) electrons. The van der Waals surface area contributed by atoms with Gasteiger partial charge in [-0.1, -0.05) is 11.8 Å². The molecule has 11 nitrogen and oxygen atoms in total. The summed E-state index contributed by atoms with van der Waals surface area (Å²) in [5, 5.41) is 15.3. The molecule has 0 aliphatic rings. The summed E-state index contributed by atoms with van der Waals surface area (Å²) >= 11 is 0.764. The van der Waals surface area contributed by atoms with Crippen LogP contribution < -0.4 is 21.7 Å². The Balaban J connectivity index is 4.67. The molecule has 0 heterocycles. The van der Waals surface area contributed by atoms with E-state index in [1.165, 1.54) is 7.05 Å². The number of nitrogens with one attached hydrogen (secondary N) is 3. The summed E-state index contributed by atoms with van der Waals surface area (Å²) in [5.74, 6) is -3.28. The summed E-state index contributed by atoms with van der Waals surface area (Å²) in [6.07, 6.45) is -0.320. The molecule has 0 spiro atoms. The highest BCUT2D eigenvalue weighted by Crippen LogP contribution is 2.05. The molecular formula is C13H22N4O7S. The Hall–Kier alpha value is -2.34. The monoisotopic (exact) mass is 378 g/mol. The third kappa shape index (κ3) is 10.2. The maximum Gasteiger partial charge on any atom is 0.325 e. The van der Waals surface area contributed by atoms with Gasteiger partial charge in [0.15, 0.2) is 0 Å². The Morgan fingerprint density at radius 2 is 1.88 bits per heavy atom. The molecule has 0 bridgehead atoms. The summed E-state index contributed by atoms with van der Waals surface area (Å²) in [6, 6.07) is -2.29. The lowest BCUT2D eigenvalue weighted by Gasteiger charge is -2.18. The molecule has 0 unspecified atom stereocenters. The number of carboxylic acids is 1. The first-order chi connectivity index (χ1) is 11.7. The molecule has 12 heteroatoms. The van der Waals surface area contributed by atoms with Crippen LogP contribution in [-0.2, 0) is 23.9 Å². The highest BCUT2D eigenvalue weighted by Gasteiger charge is 2.23. The van der Waals surface area contributed by atoms with Crippen LogP contribution in [-0.4, -0.2) is 72.6 Å². The molecule has 0 aliphatic carbocycles. The number of esters is 1. The van der Waals surface area contributed by atoms with E-state index in [-0.39, 0.29) is 18.6 Å². The van der Waals surface area contributed by atoms with Crippen LogP contribution in [0.15, 0.2) is 0 Å². The molecule has 0 aromatic carbocycles. The van der Waals surface area contributed by atoms with Crippen LogP contribution in [0.2, 0.25) is 0 Å². The Bertz CT molecular complexity index is 515. The fourth-order valence-electron chi connectivity index (χ4n) is 1.45. The molecule has 0 aliphatic heterocycles. The Morgan fingerprint density at radius 3 is 2.40 bits per heavy atom. The summed E-state index contributed by atoms with van der Waals surface area (Å²) in [6.45, 7) is -0.393. The van der Waals surface area contributed by atoms with Crippen LogP contribution in [0, 0.1) is 0 Å². The molecule has 2 atom stereocenters. The van der Waals surface area contributed by atoms with Gasteiger partial charge in [-0.05, 0) is 6.42 Å². The van der Waals surface area contributed by atoms with E-state index in [0.717, 1.165) is 18.9 Å². The fourth-order valence-corrected chi connectivity index (χ4v) is 2.14. The van der Waals surface area contributed by atoms with Gasteiger partial charge in [-0.3, -0.25) is 24.0 Å². The topological polar surface area (TPSA) is 177 Å². The second-order valence-corrected chi connectivity index (χ2v) is 5.74. The van der Waals surface area contributed by atoms with Crippen LogP contribution in [0.1, 0.15) is 12.8 Å². The SMILES string of the molecule is CNC(=O)SC[C@H](NC(=O)CC[C@H](N)C(=O)O)C(=O)NCC(=O)OC. The van der Waals surface area contributed by atoms with Crippen LogP contribution in [0.5, 0.6) is 0 Å². The number of nitrogens with two attached hydrogens (primary N) is 1. The number of amides is 3. The Labute approximate surface area is 148 Å². The quantitative estimate of drug-likeness (QED) is 0.270. The van der Waals surface area contributed by atoms with Crippen LogP contribution in [0.3, 0.4) is 0 Å². The number of carbonyl (C=O) groups excluding carboxylic acids is 4. The molecule has 0 saturated carbocycles. The zero-order valence-corrected chi connectivity index (χ0v) is 14.7. The maximum absolute atomic E-state index is 12.0. The minimum Gasteiger partial charge on any atom is -0.480 e. The van der Waals surface area contributed by atoms with Crippen LogP contribution in [0.25, 0.3) is 0 Å². The van der Waals surface area contributed by atoms with E-state index in [4.69, 9.17) is 10.8 Å². The highest BCUT2D eigenvalue weighted by atomic mass is 32.2. The van der Waals surface area contributed by atoms with Gasteiger partial charge in [-0.2, -0.15) is 0 Å². The van der Waals surface area contributed by atoms with Gasteiger partial charge in [0.2, 0.25) is 11.8 Å². The first-order valence-corrected chi connectivity index (χ1v) is 8.16. The van der Waals surface area contributed by atoms with Crippen molar-refractivity contribution in [1.82, 2.24) is 16.0 Å². The average molecular weight is 378 g/mol. The molecule has 0 aromatic heterocycles. The summed E-state index contributed by atoms with van der Waals surface area (Å²) in [5.41, 5.74) is 5.30. The third-order valence-electron chi connectivity index (χ3n) is 2.87. The van der Waals surface area contributed by atoms with Gasteiger partial charge >= 0.3 is 11.9 Å². The highest BCUT2D eigenvalue weighted by molar-refractivity contribution is 8.13. The molecule has 25 heavy (non-hydrogen) atoms. The Morgan fingerprint density at radius 1 is 1.24 bits per heavy atom. The van der Waals surface area contributed by atoms with Crippen molar-refractivity contribution < 1.29 is 33.8 Å². The molecule has 0 saturated heterocycles. The van der Waals surface area contributed by atoms with Gasteiger partial charge in [-0.15, -0.1) is 0 Å². The molecule has 6 N–H and O–H groups in total. The number of hydrogen-bond donors (Lipinski definition) is 5. The number of carboxylic acid groups (broad SMARTS) is 1. The van der Waals surface area contributed by atoms with Crippen molar-refractivity contribution in [3.05, 3.63) is 0 Å². The van der Waals surface area contributed by atoms with Crippen molar-refractivity contribution in [1.29, 1.82) is 0 Å². The second-order valence-electron chi connectivity index (χ2n) is 4.75. The van der Waals surface area contributed by atoms with Crippen molar-refractivity contribution in [2.24, 2.45) is 5.73 Å². The van der Waals surface area contributed by atoms with E-state index in [0.29, 0.717) is 0 Å². The van der Waals surface area contributed by atoms with E-state index in [1.807, 2.05) is 0 Å². The molecule has 142 valence electrons. The second kappa shape index (κ2) is 12.1. The molecule has 0 fully saturated rings. The zero-order chi connectivity index (χ0) is 19.4. The standard InChI is InChI=1S/C13H22N4O7S/c1-15-13(23)25-6-8(11(20)16-5-10(19)24-2)17-9(18)4-3-7(14)12(21)22/h7-8H,3-6,14H2,1-2H3,(H,15,23)(H,16,20)(H,17,18)(H,21,22)/t7-,8-/m0/s1. The summed E-state index contributed by atoms with van der Waals surface area (Å²) in [4.78, 5) is 56.8. The van der Waals surface area contributed by atoms with Crippen LogP contribution >= 0.6 is 11.8 Å². The zero-order valence-electron chi connectivity index (χ0n) is 13.9. The molecule has 0 rings (SSSR count). The van der Waals surface area contributed by atoms with Gasteiger partial charge in [0.25, 0.3) is 5.24 Å². The lowest BCUT2D eigenvalue weighted by Crippen LogP contribution is -2.50. The third-order valence-corrected chi connectivity index (χ3v) is 3.84. The summed E-state index contributed by atoms with van der Waals surface area (Å²) in [7, 11) is 2.56. The predicted octanol–water partition coefficient (Wildman–Crippen LogP) is -1.97. The molecule has 3 amide bonds. The summed E-state index contributed by atoms with van der Waals surface area (Å²) < 4.78 is 4.38. The van der Waals surface area contributed by atoms with E-state index < -0.39 is 47.6 Å². The van der Waals surface area contributed by atoms with Crippen molar-refractivity contribution in [3.8, 4) is 0 Å². The van der Waals surface area contributed by atoms with Gasteiger partial charge in [0.05, 0.1) is 7.11 Å². The van der Waals surface area contributed by atoms with Crippen molar-refractivity contribution >= 4 is 40.8 Å². The van der Waals surface area contributed by atoms with Crippen molar-refractivity contribution in [2.45, 2.75) is 24.9 Å². The lowest BCUT2D eigenvalue weighted by molar-refractivity contribution is -0.141. The van der Waals surface area contributed by atoms with E-state index in [2.05, 4.69) is 20.7 Å². The minimum absolute atomic E-state index is 0.0800. The van der Waals surface area contributed by atoms with E-state index in [9.17, 15) is 24.0 Å². The first kappa shape index (κ1) is 22.7. The lowest BCUT2D eigenvalue weighted by atomic mass is 10.1. The number of methoxy groups -OCH3 is 1. The maximum atomic E-state index is 12.0. The number of aliphatic carboxylic acids is 1. The molecule has 0 aromatic rings. The van der Waals surface area contributed by atoms with E-state index >= 15 is 0 Å². The van der Waals surface area contributed by atoms with E-state index in [1.54, 1.807) is 0 Å². The van der Waals surface area contributed by atoms with Crippen LogP contribution in [0.4, 0.5) is 4.79 Å². The largest absolute Gasteiger partial charge is 0.480 e. The number of carbonyl (C=O) groups is 5. The minimum atomic E-state index is -1.24. The smallest absolute Gasteiger partial charge is 0.325 e. The number of rotatable bonds is 10. The average Bonchev–Trinajstić information content (AvgIpc) is 2.59. The normalized spacial score (nSPS) is 12.4. The van der Waals surface area contributed by atoms with Crippen molar-refractivity contribution in [2.75, 3.05) is 26.5 Å². The van der Waals surface area contributed by atoms with Gasteiger partial charge in [0, 0.05) is 19.2 Å². The molecular weight excluding hydrogens is 356 g/mol. The van der Waals surface area contributed by atoms with Gasteiger partial charge in [-0.25, -0.2) is 0 Å².